The van der Waals surface area contributed by atoms with Crippen LogP contribution in [-0.2, 0) is 9.59 Å². The van der Waals surface area contributed by atoms with Crippen LogP contribution in [-0.4, -0.2) is 70.7 Å². The van der Waals surface area contributed by atoms with Crippen molar-refractivity contribution in [2.75, 3.05) is 32.7 Å². The molecule has 8 heteroatoms. The number of hydrogen-bond donors (Lipinski definition) is 2. The van der Waals surface area contributed by atoms with Crippen molar-refractivity contribution in [2.45, 2.75) is 13.0 Å². The molecule has 0 aliphatic heterocycles. The van der Waals surface area contributed by atoms with Crippen molar-refractivity contribution in [3.63, 3.8) is 0 Å². The van der Waals surface area contributed by atoms with Gasteiger partial charge in [0.2, 0.25) is 0 Å². The predicted molar refractivity (Wildman–Crippen MR) is 64.0 cm³/mol. The molecule has 0 amide bonds. The van der Waals surface area contributed by atoms with Gasteiger partial charge in [-0.2, -0.15) is 10.5 Å². The summed E-state index contributed by atoms with van der Waals surface area (Å²) < 4.78 is 0. The van der Waals surface area contributed by atoms with Crippen molar-refractivity contribution in [1.82, 2.24) is 9.80 Å². The Morgan fingerprint density at radius 2 is 1.63 bits per heavy atom. The molecule has 0 rings (SSSR count). The van der Waals surface area contributed by atoms with E-state index in [4.69, 9.17) is 20.7 Å². The lowest BCUT2D eigenvalue weighted by Crippen LogP contribution is -2.46. The Balaban J connectivity index is 4.60. The van der Waals surface area contributed by atoms with Gasteiger partial charge in [0.05, 0.1) is 38.3 Å². The second-order valence-corrected chi connectivity index (χ2v) is 4.03. The first kappa shape index (κ1) is 16.8. The number of rotatable bonds is 9. The fourth-order valence-electron chi connectivity index (χ4n) is 1.60. The molecule has 0 aliphatic carbocycles. The number of nitrogens with zero attached hydrogens (tertiary/aromatic N) is 4. The second-order valence-electron chi connectivity index (χ2n) is 4.03. The molecule has 0 radical (unpaired) electrons. The summed E-state index contributed by atoms with van der Waals surface area (Å²) in [7, 11) is 0. The van der Waals surface area contributed by atoms with Gasteiger partial charge in [-0.25, -0.2) is 0 Å². The van der Waals surface area contributed by atoms with Gasteiger partial charge in [-0.1, -0.05) is 0 Å². The summed E-state index contributed by atoms with van der Waals surface area (Å²) in [6.45, 7) is 1.15. The molecule has 0 aliphatic rings. The highest BCUT2D eigenvalue weighted by Crippen LogP contribution is 2.02. The summed E-state index contributed by atoms with van der Waals surface area (Å²) >= 11 is 0. The Morgan fingerprint density at radius 3 is 2.05 bits per heavy atom. The normalized spacial score (nSPS) is 11.8. The van der Waals surface area contributed by atoms with Gasteiger partial charge in [-0.05, 0) is 6.92 Å². The summed E-state index contributed by atoms with van der Waals surface area (Å²) in [5, 5.41) is 34.7. The van der Waals surface area contributed by atoms with Gasteiger partial charge < -0.3 is 10.2 Å². The average molecular weight is 268 g/mol. The van der Waals surface area contributed by atoms with E-state index in [1.165, 1.54) is 9.80 Å². The Kier molecular flexibility index (Phi) is 7.85. The Bertz CT molecular complexity index is 398. The lowest BCUT2D eigenvalue weighted by Gasteiger charge is -2.29. The molecule has 0 saturated heterocycles. The van der Waals surface area contributed by atoms with Crippen molar-refractivity contribution < 1.29 is 19.8 Å². The molecule has 0 aromatic rings. The van der Waals surface area contributed by atoms with Crippen LogP contribution >= 0.6 is 0 Å². The smallest absolute Gasteiger partial charge is 0.317 e. The van der Waals surface area contributed by atoms with Crippen molar-refractivity contribution >= 4 is 11.9 Å². The van der Waals surface area contributed by atoms with Gasteiger partial charge in [-0.3, -0.25) is 19.4 Å². The van der Waals surface area contributed by atoms with Crippen molar-refractivity contribution in [2.24, 2.45) is 0 Å². The maximum absolute atomic E-state index is 10.7. The van der Waals surface area contributed by atoms with Crippen LogP contribution in [0.3, 0.4) is 0 Å². The minimum absolute atomic E-state index is 0.0654. The van der Waals surface area contributed by atoms with Crippen LogP contribution in [0.15, 0.2) is 0 Å². The van der Waals surface area contributed by atoms with E-state index < -0.39 is 11.9 Å². The van der Waals surface area contributed by atoms with Crippen LogP contribution in [0.5, 0.6) is 0 Å². The number of hydrogen-bond acceptors (Lipinski definition) is 6. The van der Waals surface area contributed by atoms with E-state index in [0.717, 1.165) is 0 Å². The molecule has 0 bridgehead atoms. The van der Waals surface area contributed by atoms with Gasteiger partial charge in [0.25, 0.3) is 0 Å². The zero-order valence-corrected chi connectivity index (χ0v) is 10.6. The molecule has 8 nitrogen and oxygen atoms in total. The monoisotopic (exact) mass is 268 g/mol. The molecular formula is C11H16N4O4. The molecule has 19 heavy (non-hydrogen) atoms. The summed E-state index contributed by atoms with van der Waals surface area (Å²) in [5.41, 5.74) is 0. The first-order valence-electron chi connectivity index (χ1n) is 5.54. The van der Waals surface area contributed by atoms with Crippen LogP contribution in [0.4, 0.5) is 0 Å². The molecule has 0 saturated carbocycles. The zero-order valence-electron chi connectivity index (χ0n) is 10.6. The number of carboxylic acid groups (broad SMARTS) is 2. The summed E-state index contributed by atoms with van der Waals surface area (Å²) in [5.74, 6) is -2.13. The number of carbonyl (C=O) groups is 2. The van der Waals surface area contributed by atoms with E-state index in [9.17, 15) is 9.59 Å². The molecule has 0 unspecified atom stereocenters. The number of aliphatic carboxylic acids is 2. The number of carboxylic acids is 2. The Hall–Kier alpha value is -2.16. The van der Waals surface area contributed by atoms with Gasteiger partial charge in [0.15, 0.2) is 0 Å². The topological polar surface area (TPSA) is 129 Å². The molecule has 1 atom stereocenters. The van der Waals surface area contributed by atoms with Crippen LogP contribution in [0.1, 0.15) is 6.92 Å². The molecule has 0 fully saturated rings. The first-order chi connectivity index (χ1) is 8.90. The van der Waals surface area contributed by atoms with E-state index in [-0.39, 0.29) is 38.8 Å². The first-order valence-corrected chi connectivity index (χ1v) is 5.54. The molecule has 0 aromatic heterocycles. The van der Waals surface area contributed by atoms with Gasteiger partial charge >= 0.3 is 11.9 Å². The van der Waals surface area contributed by atoms with E-state index in [0.29, 0.717) is 0 Å². The van der Waals surface area contributed by atoms with Crippen molar-refractivity contribution in [3.05, 3.63) is 0 Å². The summed E-state index contributed by atoms with van der Waals surface area (Å²) in [6, 6.07) is 3.37. The highest BCUT2D eigenvalue weighted by atomic mass is 16.4. The van der Waals surface area contributed by atoms with Crippen LogP contribution < -0.4 is 0 Å². The van der Waals surface area contributed by atoms with Crippen LogP contribution in [0.25, 0.3) is 0 Å². The maximum Gasteiger partial charge on any atom is 0.317 e. The minimum atomic E-state index is -1.06. The second kappa shape index (κ2) is 8.86. The Labute approximate surface area is 111 Å². The summed E-state index contributed by atoms with van der Waals surface area (Å²) in [4.78, 5) is 24.1. The van der Waals surface area contributed by atoms with Gasteiger partial charge in [0.1, 0.15) is 0 Å². The Morgan fingerprint density at radius 1 is 1.11 bits per heavy atom. The van der Waals surface area contributed by atoms with Crippen molar-refractivity contribution in [3.8, 4) is 12.1 Å². The molecule has 104 valence electrons. The quantitative estimate of drug-likeness (QED) is 0.520. The lowest BCUT2D eigenvalue weighted by molar-refractivity contribution is -0.140. The standard InChI is InChI=1S/C11H16N4O4/c1-9(15(5-3-13)8-11(18)19)6-14(4-2-12)7-10(16)17/h9H,4-8H2,1H3,(H,16,17)(H,18,19)/t9-/m0/s1. The zero-order chi connectivity index (χ0) is 14.8. The third-order valence-corrected chi connectivity index (χ3v) is 2.41. The molecule has 0 heterocycles. The summed E-state index contributed by atoms with van der Waals surface area (Å²) in [6.07, 6.45) is 0. The molecule has 2 N–H and O–H groups in total. The SMILES string of the molecule is C[C@@H](CN(CC#N)CC(=O)O)N(CC#N)CC(=O)O. The van der Waals surface area contributed by atoms with Gasteiger partial charge in [-0.15, -0.1) is 0 Å². The lowest BCUT2D eigenvalue weighted by atomic mass is 10.2. The van der Waals surface area contributed by atoms with E-state index in [1.807, 2.05) is 12.1 Å². The molecule has 0 aromatic carbocycles. The maximum atomic E-state index is 10.7. The fraction of sp³-hybridized carbons (Fsp3) is 0.636. The fourth-order valence-corrected chi connectivity index (χ4v) is 1.60. The molecule has 0 spiro atoms. The van der Waals surface area contributed by atoms with Gasteiger partial charge in [0, 0.05) is 12.6 Å². The van der Waals surface area contributed by atoms with E-state index in [1.54, 1.807) is 6.92 Å². The number of nitriles is 2. The largest absolute Gasteiger partial charge is 0.480 e. The minimum Gasteiger partial charge on any atom is -0.480 e. The third kappa shape index (κ3) is 7.71. The predicted octanol–water partition coefficient (Wildman–Crippen LogP) is -0.805. The molecular weight excluding hydrogens is 252 g/mol. The van der Waals surface area contributed by atoms with Crippen LogP contribution in [0.2, 0.25) is 0 Å². The van der Waals surface area contributed by atoms with E-state index in [2.05, 4.69) is 0 Å². The average Bonchev–Trinajstić information content (AvgIpc) is 2.27. The third-order valence-electron chi connectivity index (χ3n) is 2.41. The van der Waals surface area contributed by atoms with Crippen LogP contribution in [0, 0.1) is 22.7 Å². The highest BCUT2D eigenvalue weighted by molar-refractivity contribution is 5.69. The van der Waals surface area contributed by atoms with Crippen molar-refractivity contribution in [1.29, 1.82) is 10.5 Å². The van der Waals surface area contributed by atoms with E-state index >= 15 is 0 Å². The highest BCUT2D eigenvalue weighted by Gasteiger charge is 2.20.